The Morgan fingerprint density at radius 2 is 2.17 bits per heavy atom. The molecule has 4 nitrogen and oxygen atoms in total. The topological polar surface area (TPSA) is 49.8 Å². The van der Waals surface area contributed by atoms with Crippen molar-refractivity contribution in [1.29, 1.82) is 0 Å². The fraction of sp³-hybridized carbons (Fsp3) is 0.278. The molecule has 2 atom stereocenters. The van der Waals surface area contributed by atoms with Gasteiger partial charge < -0.3 is 14.9 Å². The van der Waals surface area contributed by atoms with Gasteiger partial charge >= 0.3 is 0 Å². The molecule has 1 fully saturated rings. The van der Waals surface area contributed by atoms with Gasteiger partial charge in [0.2, 0.25) is 0 Å². The van der Waals surface area contributed by atoms with Crippen molar-refractivity contribution in [3.63, 3.8) is 0 Å². The van der Waals surface area contributed by atoms with Crippen molar-refractivity contribution in [2.75, 3.05) is 0 Å². The van der Waals surface area contributed by atoms with Gasteiger partial charge in [-0.3, -0.25) is 4.79 Å². The molecule has 0 saturated heterocycles. The number of fused-ring (bicyclic) bond motifs is 1. The van der Waals surface area contributed by atoms with Crippen LogP contribution in [0.25, 0.3) is 10.9 Å². The lowest BCUT2D eigenvalue weighted by Gasteiger charge is -2.17. The molecule has 23 heavy (non-hydrogen) atoms. The first-order chi connectivity index (χ1) is 11.0. The van der Waals surface area contributed by atoms with Crippen molar-refractivity contribution in [1.82, 2.24) is 14.9 Å². The molecule has 1 amide bonds. The van der Waals surface area contributed by atoms with Crippen molar-refractivity contribution in [3.05, 3.63) is 58.5 Å². The van der Waals surface area contributed by atoms with Gasteiger partial charge in [-0.25, -0.2) is 0 Å². The smallest absolute Gasteiger partial charge is 0.268 e. The number of benzene rings is 1. The fourth-order valence-electron chi connectivity index (χ4n) is 3.34. The Balaban J connectivity index is 1.63. The zero-order valence-electron chi connectivity index (χ0n) is 13.1. The normalized spacial score (nSPS) is 23.2. The molecule has 0 radical (unpaired) electrons. The van der Waals surface area contributed by atoms with Crippen molar-refractivity contribution in [2.45, 2.75) is 18.9 Å². The van der Waals surface area contributed by atoms with Crippen LogP contribution in [0.5, 0.6) is 0 Å². The summed E-state index contributed by atoms with van der Waals surface area (Å²) >= 11 is 3.46. The maximum absolute atomic E-state index is 12.7. The number of aromatic amines is 1. The van der Waals surface area contributed by atoms with E-state index in [4.69, 9.17) is 0 Å². The minimum absolute atomic E-state index is 0.0504. The number of hydrogen-bond donors (Lipinski definition) is 2. The first kappa shape index (κ1) is 14.6. The highest BCUT2D eigenvalue weighted by Crippen LogP contribution is 2.51. The quantitative estimate of drug-likeness (QED) is 0.719. The molecule has 3 aromatic rings. The average molecular weight is 372 g/mol. The van der Waals surface area contributed by atoms with E-state index < -0.39 is 0 Å². The van der Waals surface area contributed by atoms with Crippen molar-refractivity contribution < 1.29 is 4.79 Å². The van der Waals surface area contributed by atoms with Crippen LogP contribution in [0.3, 0.4) is 0 Å². The van der Waals surface area contributed by atoms with Gasteiger partial charge in [0, 0.05) is 34.8 Å². The molecule has 2 aromatic heterocycles. The van der Waals surface area contributed by atoms with Crippen LogP contribution >= 0.6 is 15.9 Å². The summed E-state index contributed by atoms with van der Waals surface area (Å²) in [5.41, 5.74) is 2.53. The third-order valence-electron chi connectivity index (χ3n) is 4.82. The van der Waals surface area contributed by atoms with Crippen LogP contribution in [-0.2, 0) is 12.6 Å². The summed E-state index contributed by atoms with van der Waals surface area (Å²) in [6, 6.07) is 9.94. The monoisotopic (exact) mass is 371 g/mol. The van der Waals surface area contributed by atoms with E-state index in [0.29, 0.717) is 11.6 Å². The summed E-state index contributed by atoms with van der Waals surface area (Å²) < 4.78 is 3.03. The Kier molecular flexibility index (Phi) is 3.17. The maximum atomic E-state index is 12.7. The third-order valence-corrected chi connectivity index (χ3v) is 5.31. The lowest BCUT2D eigenvalue weighted by atomic mass is 10.1. The molecule has 118 valence electrons. The number of carbonyl (C=O) groups excluding carboxylic acids is 1. The Morgan fingerprint density at radius 1 is 1.39 bits per heavy atom. The second-order valence-corrected chi connectivity index (χ2v) is 7.43. The Labute approximate surface area is 143 Å². The second-order valence-electron chi connectivity index (χ2n) is 6.51. The third kappa shape index (κ3) is 2.39. The van der Waals surface area contributed by atoms with Gasteiger partial charge in [0.15, 0.2) is 0 Å². The second kappa shape index (κ2) is 4.99. The van der Waals surface area contributed by atoms with Crippen molar-refractivity contribution in [2.24, 2.45) is 13.0 Å². The average Bonchev–Trinajstić information content (AvgIpc) is 2.90. The summed E-state index contributed by atoms with van der Waals surface area (Å²) in [6.07, 6.45) is 5.09. The summed E-state index contributed by atoms with van der Waals surface area (Å²) in [5.74, 6) is 0.401. The summed E-state index contributed by atoms with van der Waals surface area (Å²) in [5, 5.41) is 4.27. The van der Waals surface area contributed by atoms with Gasteiger partial charge in [-0.1, -0.05) is 22.9 Å². The number of amides is 1. The van der Waals surface area contributed by atoms with E-state index in [-0.39, 0.29) is 11.4 Å². The molecule has 0 spiro atoms. The number of nitrogens with one attached hydrogen (secondary N) is 2. The van der Waals surface area contributed by atoms with E-state index in [0.717, 1.165) is 21.8 Å². The van der Waals surface area contributed by atoms with E-state index in [1.807, 2.05) is 42.1 Å². The largest absolute Gasteiger partial charge is 0.357 e. The number of H-pyrrole nitrogens is 1. The molecule has 1 aliphatic carbocycles. The predicted molar refractivity (Wildman–Crippen MR) is 94.3 cm³/mol. The number of aromatic nitrogens is 2. The van der Waals surface area contributed by atoms with Crippen LogP contribution in [0, 0.1) is 5.92 Å². The van der Waals surface area contributed by atoms with Crippen LogP contribution in [-0.4, -0.2) is 15.5 Å². The number of aryl methyl sites for hydroxylation is 1. The first-order valence-corrected chi connectivity index (χ1v) is 8.50. The Morgan fingerprint density at radius 3 is 2.83 bits per heavy atom. The number of rotatable bonds is 3. The highest BCUT2D eigenvalue weighted by atomic mass is 79.9. The van der Waals surface area contributed by atoms with Gasteiger partial charge in [0.25, 0.3) is 5.91 Å². The van der Waals surface area contributed by atoms with Gasteiger partial charge in [-0.2, -0.15) is 0 Å². The summed E-state index contributed by atoms with van der Waals surface area (Å²) in [7, 11) is 2.00. The van der Waals surface area contributed by atoms with Crippen LogP contribution in [0.1, 0.15) is 29.4 Å². The zero-order valence-corrected chi connectivity index (χ0v) is 14.6. The van der Waals surface area contributed by atoms with E-state index in [1.165, 1.54) is 5.56 Å². The molecule has 2 unspecified atom stereocenters. The minimum atomic E-state index is -0.226. The summed E-state index contributed by atoms with van der Waals surface area (Å²) in [4.78, 5) is 15.9. The molecule has 1 saturated carbocycles. The van der Waals surface area contributed by atoms with E-state index in [2.05, 4.69) is 45.4 Å². The van der Waals surface area contributed by atoms with E-state index >= 15 is 0 Å². The summed E-state index contributed by atoms with van der Waals surface area (Å²) in [6.45, 7) is 2.18. The molecule has 2 heterocycles. The molecule has 2 N–H and O–H groups in total. The minimum Gasteiger partial charge on any atom is -0.357 e. The first-order valence-electron chi connectivity index (χ1n) is 7.71. The van der Waals surface area contributed by atoms with E-state index in [9.17, 15) is 4.79 Å². The highest BCUT2D eigenvalue weighted by molar-refractivity contribution is 9.10. The van der Waals surface area contributed by atoms with Gasteiger partial charge in [0.1, 0.15) is 5.69 Å². The highest BCUT2D eigenvalue weighted by Gasteiger charge is 2.54. The molecular weight excluding hydrogens is 354 g/mol. The van der Waals surface area contributed by atoms with Crippen LogP contribution < -0.4 is 5.32 Å². The zero-order chi connectivity index (χ0) is 16.2. The van der Waals surface area contributed by atoms with E-state index in [1.54, 1.807) is 0 Å². The predicted octanol–water partition coefficient (Wildman–Crippen LogP) is 3.93. The van der Waals surface area contributed by atoms with Crippen molar-refractivity contribution >= 4 is 32.7 Å². The SMILES string of the molecule is CC1CC1(NC(=O)c1cc2cc(Br)ccc2[nH]1)c1ccn(C)c1. The molecule has 0 bridgehead atoms. The fourth-order valence-corrected chi connectivity index (χ4v) is 3.71. The Hall–Kier alpha value is -2.01. The van der Waals surface area contributed by atoms with Gasteiger partial charge in [-0.15, -0.1) is 0 Å². The number of carbonyl (C=O) groups is 1. The van der Waals surface area contributed by atoms with Gasteiger partial charge in [-0.05, 0) is 48.2 Å². The molecule has 1 aliphatic rings. The number of hydrogen-bond acceptors (Lipinski definition) is 1. The van der Waals surface area contributed by atoms with Crippen LogP contribution in [0.4, 0.5) is 0 Å². The molecule has 1 aromatic carbocycles. The van der Waals surface area contributed by atoms with Gasteiger partial charge in [0.05, 0.1) is 5.54 Å². The maximum Gasteiger partial charge on any atom is 0.268 e. The number of nitrogens with zero attached hydrogens (tertiary/aromatic N) is 1. The molecular formula is C18H18BrN3O. The lowest BCUT2D eigenvalue weighted by molar-refractivity contribution is 0.0923. The molecule has 0 aliphatic heterocycles. The number of halogens is 1. The molecule has 5 heteroatoms. The molecule has 4 rings (SSSR count). The van der Waals surface area contributed by atoms with Crippen LogP contribution in [0.2, 0.25) is 0 Å². The Bertz CT molecular complexity index is 910. The van der Waals surface area contributed by atoms with Crippen molar-refractivity contribution in [3.8, 4) is 0 Å². The van der Waals surface area contributed by atoms with Crippen LogP contribution in [0.15, 0.2) is 47.2 Å². The lowest BCUT2D eigenvalue weighted by Crippen LogP contribution is -2.36. The standard InChI is InChI=1S/C18H18BrN3O/c1-11-9-18(11,13-5-6-22(2)10-13)21-17(23)16-8-12-7-14(19)3-4-15(12)20-16/h3-8,10-11,20H,9H2,1-2H3,(H,21,23).